The molecule has 0 fully saturated rings. The normalized spacial score (nSPS) is 11.3. The lowest BCUT2D eigenvalue weighted by atomic mass is 10.3. The number of benzene rings is 2. The third-order valence-corrected chi connectivity index (χ3v) is 6.68. The molecule has 176 valence electrons. The smallest absolute Gasteiger partial charge is 0.265 e. The van der Waals surface area contributed by atoms with Gasteiger partial charge in [-0.15, -0.1) is 0 Å². The molecule has 0 saturated carbocycles. The van der Waals surface area contributed by atoms with Crippen LogP contribution in [0.4, 0.5) is 5.69 Å². The van der Waals surface area contributed by atoms with Crippen LogP contribution in [0.2, 0.25) is 5.02 Å². The van der Waals surface area contributed by atoms with E-state index >= 15 is 0 Å². The molecule has 0 atom stereocenters. The zero-order valence-electron chi connectivity index (χ0n) is 18.9. The predicted octanol–water partition coefficient (Wildman–Crippen LogP) is 4.84. The fourth-order valence-electron chi connectivity index (χ4n) is 3.21. The van der Waals surface area contributed by atoms with E-state index < -0.39 is 10.0 Å². The van der Waals surface area contributed by atoms with Crippen molar-refractivity contribution in [3.63, 3.8) is 0 Å². The Labute approximate surface area is 202 Å². The topological polar surface area (TPSA) is 108 Å². The number of ether oxygens (including phenoxy) is 2. The molecule has 0 bridgehead atoms. The number of rotatable bonds is 7. The Balaban J connectivity index is 1.54. The number of methoxy groups -OCH3 is 1. The summed E-state index contributed by atoms with van der Waals surface area (Å²) in [6.45, 7) is 5.66. The molecule has 34 heavy (non-hydrogen) atoms. The van der Waals surface area contributed by atoms with E-state index in [-0.39, 0.29) is 15.7 Å². The summed E-state index contributed by atoms with van der Waals surface area (Å²) in [6, 6.07) is 12.5. The van der Waals surface area contributed by atoms with E-state index in [1.165, 1.54) is 19.2 Å². The fourth-order valence-corrected chi connectivity index (χ4v) is 4.70. The van der Waals surface area contributed by atoms with E-state index in [0.717, 1.165) is 11.4 Å². The lowest BCUT2D eigenvalue weighted by molar-refractivity contribution is 0.403. The zero-order chi connectivity index (χ0) is 24.5. The molecule has 0 aliphatic carbocycles. The molecule has 0 spiro atoms. The first kappa shape index (κ1) is 23.5. The van der Waals surface area contributed by atoms with Crippen molar-refractivity contribution in [2.24, 2.45) is 0 Å². The summed E-state index contributed by atoms with van der Waals surface area (Å²) >= 11 is 5.97. The van der Waals surface area contributed by atoms with Crippen LogP contribution in [-0.2, 0) is 10.0 Å². The summed E-state index contributed by atoms with van der Waals surface area (Å²) in [5.41, 5.74) is 2.22. The molecule has 0 amide bonds. The van der Waals surface area contributed by atoms with E-state index in [0.29, 0.717) is 29.0 Å². The molecule has 11 heteroatoms. The van der Waals surface area contributed by atoms with Crippen molar-refractivity contribution in [3.05, 3.63) is 77.1 Å². The molecule has 9 nitrogen and oxygen atoms in total. The highest BCUT2D eigenvalue weighted by atomic mass is 35.5. The molecule has 0 aliphatic heterocycles. The van der Waals surface area contributed by atoms with Gasteiger partial charge in [-0.05, 0) is 63.2 Å². The van der Waals surface area contributed by atoms with Crippen molar-refractivity contribution in [3.8, 4) is 23.2 Å². The first-order chi connectivity index (χ1) is 16.2. The summed E-state index contributed by atoms with van der Waals surface area (Å²) in [5, 5.41) is 0.283. The second-order valence-corrected chi connectivity index (χ2v) is 9.51. The van der Waals surface area contributed by atoms with Crippen molar-refractivity contribution in [1.29, 1.82) is 0 Å². The number of aromatic nitrogens is 4. The monoisotopic (exact) mass is 499 g/mol. The minimum Gasteiger partial charge on any atom is -0.495 e. The molecule has 2 heterocycles. The van der Waals surface area contributed by atoms with Gasteiger partial charge in [0.05, 0.1) is 12.8 Å². The van der Waals surface area contributed by atoms with Gasteiger partial charge in [-0.3, -0.25) is 9.29 Å². The number of hydrogen-bond acceptors (Lipinski definition) is 7. The van der Waals surface area contributed by atoms with Crippen LogP contribution in [0.3, 0.4) is 0 Å². The minimum atomic E-state index is -3.92. The van der Waals surface area contributed by atoms with Crippen molar-refractivity contribution in [2.45, 2.75) is 25.7 Å². The highest BCUT2D eigenvalue weighted by Gasteiger charge is 2.20. The van der Waals surface area contributed by atoms with Crippen molar-refractivity contribution in [2.75, 3.05) is 11.8 Å². The molecular formula is C23H22ClN5O4S. The number of nitrogens with zero attached hydrogens (tertiary/aromatic N) is 4. The standard InChI is InChI=1S/C23H22ClN5O4S/c1-14-15(2)29(13-25-14)22-12-23(27-16(3)26-22)33-19-8-6-18(7-9-19)28-34(30,31)21-11-17(24)5-10-20(21)32-4/h5-13,28H,1-4H3. The Morgan fingerprint density at radius 3 is 2.38 bits per heavy atom. The van der Waals surface area contributed by atoms with Gasteiger partial charge in [0.15, 0.2) is 0 Å². The summed E-state index contributed by atoms with van der Waals surface area (Å²) in [6.07, 6.45) is 1.70. The van der Waals surface area contributed by atoms with Crippen LogP contribution in [0.5, 0.6) is 17.4 Å². The largest absolute Gasteiger partial charge is 0.495 e. The molecule has 2 aromatic heterocycles. The number of imidazole rings is 1. The molecule has 4 rings (SSSR count). The summed E-state index contributed by atoms with van der Waals surface area (Å²) in [4.78, 5) is 13.0. The number of aryl methyl sites for hydroxylation is 2. The quantitative estimate of drug-likeness (QED) is 0.387. The fraction of sp³-hybridized carbons (Fsp3) is 0.174. The van der Waals surface area contributed by atoms with E-state index in [1.54, 1.807) is 49.6 Å². The average Bonchev–Trinajstić information content (AvgIpc) is 3.13. The third-order valence-electron chi connectivity index (χ3n) is 5.04. The molecule has 0 saturated heterocycles. The van der Waals surface area contributed by atoms with Gasteiger partial charge in [0.1, 0.15) is 34.4 Å². The molecule has 1 N–H and O–H groups in total. The van der Waals surface area contributed by atoms with Gasteiger partial charge in [-0.1, -0.05) is 11.6 Å². The van der Waals surface area contributed by atoms with Gasteiger partial charge in [0, 0.05) is 22.5 Å². The lowest BCUT2D eigenvalue weighted by Crippen LogP contribution is -2.14. The number of hydrogen-bond donors (Lipinski definition) is 1. The van der Waals surface area contributed by atoms with Gasteiger partial charge >= 0.3 is 0 Å². The molecule has 0 unspecified atom stereocenters. The Kier molecular flexibility index (Phi) is 6.45. The van der Waals surface area contributed by atoms with Gasteiger partial charge in [-0.2, -0.15) is 4.98 Å². The van der Waals surface area contributed by atoms with E-state index in [1.807, 2.05) is 18.4 Å². The highest BCUT2D eigenvalue weighted by molar-refractivity contribution is 7.92. The predicted molar refractivity (Wildman–Crippen MR) is 129 cm³/mol. The van der Waals surface area contributed by atoms with Crippen LogP contribution in [-0.4, -0.2) is 35.0 Å². The summed E-state index contributed by atoms with van der Waals surface area (Å²) in [5.74, 6) is 2.20. The van der Waals surface area contributed by atoms with Gasteiger partial charge in [0.2, 0.25) is 5.88 Å². The Bertz CT molecular complexity index is 1450. The maximum atomic E-state index is 12.8. The van der Waals surface area contributed by atoms with Gasteiger partial charge < -0.3 is 9.47 Å². The van der Waals surface area contributed by atoms with Crippen LogP contribution in [0.25, 0.3) is 5.82 Å². The summed E-state index contributed by atoms with van der Waals surface area (Å²) in [7, 11) is -2.53. The zero-order valence-corrected chi connectivity index (χ0v) is 20.5. The summed E-state index contributed by atoms with van der Waals surface area (Å²) < 4.78 is 41.1. The second-order valence-electron chi connectivity index (χ2n) is 7.42. The SMILES string of the molecule is COc1ccc(Cl)cc1S(=O)(=O)Nc1ccc(Oc2cc(-n3cnc(C)c3C)nc(C)n2)cc1. The van der Waals surface area contributed by atoms with Crippen LogP contribution in [0.1, 0.15) is 17.2 Å². The van der Waals surface area contributed by atoms with Crippen LogP contribution in [0.15, 0.2) is 59.8 Å². The minimum absolute atomic E-state index is 0.0585. The molecule has 0 aliphatic rings. The Morgan fingerprint density at radius 2 is 1.74 bits per heavy atom. The number of anilines is 1. The van der Waals surface area contributed by atoms with Crippen molar-refractivity contribution >= 4 is 27.3 Å². The number of nitrogens with one attached hydrogen (secondary N) is 1. The van der Waals surface area contributed by atoms with Crippen LogP contribution in [0, 0.1) is 20.8 Å². The van der Waals surface area contributed by atoms with Crippen LogP contribution >= 0.6 is 11.6 Å². The van der Waals surface area contributed by atoms with Crippen molar-refractivity contribution in [1.82, 2.24) is 19.5 Å². The van der Waals surface area contributed by atoms with Gasteiger partial charge in [-0.25, -0.2) is 18.4 Å². The number of halogens is 1. The van der Waals surface area contributed by atoms with E-state index in [4.69, 9.17) is 21.1 Å². The van der Waals surface area contributed by atoms with E-state index in [2.05, 4.69) is 19.7 Å². The first-order valence-corrected chi connectivity index (χ1v) is 12.0. The van der Waals surface area contributed by atoms with Crippen molar-refractivity contribution < 1.29 is 17.9 Å². The van der Waals surface area contributed by atoms with E-state index in [9.17, 15) is 8.42 Å². The average molecular weight is 500 g/mol. The molecule has 2 aromatic carbocycles. The second kappa shape index (κ2) is 9.32. The molecule has 0 radical (unpaired) electrons. The highest BCUT2D eigenvalue weighted by Crippen LogP contribution is 2.30. The maximum Gasteiger partial charge on any atom is 0.265 e. The Hall–Kier alpha value is -3.63. The van der Waals surface area contributed by atoms with Gasteiger partial charge in [0.25, 0.3) is 10.0 Å². The Morgan fingerprint density at radius 1 is 1.00 bits per heavy atom. The number of sulfonamides is 1. The first-order valence-electron chi connectivity index (χ1n) is 10.2. The maximum absolute atomic E-state index is 12.8. The molecular weight excluding hydrogens is 478 g/mol. The molecule has 4 aromatic rings. The lowest BCUT2D eigenvalue weighted by Gasteiger charge is -2.13. The third kappa shape index (κ3) is 4.97. The van der Waals surface area contributed by atoms with Crippen LogP contribution < -0.4 is 14.2 Å².